The van der Waals surface area contributed by atoms with E-state index in [-0.39, 0.29) is 31.5 Å². The van der Waals surface area contributed by atoms with Crippen molar-refractivity contribution in [3.05, 3.63) is 109 Å². The first-order chi connectivity index (χ1) is 36.4. The molecule has 0 rings (SSSR count). The van der Waals surface area contributed by atoms with Crippen LogP contribution in [0, 0.1) is 0 Å². The number of carbonyl (C=O) groups is 2. The molecule has 9 nitrogen and oxygen atoms in total. The maximum atomic E-state index is 13.5. The van der Waals surface area contributed by atoms with E-state index in [1.807, 2.05) is 94.1 Å². The van der Waals surface area contributed by atoms with Crippen molar-refractivity contribution < 1.29 is 37.3 Å². The second-order valence-corrected chi connectivity index (χ2v) is 22.7. The molecule has 0 aliphatic heterocycles. The molecule has 0 aliphatic rings. The molecule has 0 aromatic rings. The van der Waals surface area contributed by atoms with Gasteiger partial charge in [0.25, 0.3) is 0 Å². The van der Waals surface area contributed by atoms with Gasteiger partial charge in [0.15, 0.2) is 0 Å². The van der Waals surface area contributed by atoms with Gasteiger partial charge in [-0.15, -0.1) is 0 Å². The Hall–Kier alpha value is -3.33. The van der Waals surface area contributed by atoms with Crippen LogP contribution in [-0.4, -0.2) is 74.3 Å². The SMILES string of the molecule is CC\C=C/C=C/C=C/C=C\C=C\C=C\CCCCCC(=O)OC(/C=C/CCCCCCCCCCCCC)C(COP(=O)(O)OCC[N+](C)(C)C)NC(=O)CCCCCCCCCCC/C=C\C/C=C\CCCCC. The zero-order chi connectivity index (χ0) is 55.0. The standard InChI is InChI=1S/C65H113N2O7P/c1-7-10-13-16-19-22-25-28-30-32-33-35-36-39-42-45-48-51-54-57-64(68)66-62(61-73-75(70,71)72-60-59-67(4,5)6)63(56-53-50-47-44-41-38-27-24-21-18-15-12-9-3)74-65(69)58-55-52-49-46-43-40-37-34-31-29-26-23-20-17-14-11-8-2/h11,14,17,19-20,22-23,26,28-31,34,37,40,43,53,56,62-63H,7-10,12-13,15-16,18,21,24-25,27,32-33,35-36,38-39,41-42,44-52,54-55,57-61H2,1-6H3,(H-,66,68,70,71)/p+1/b14-11-,20-17+,22-19-,26-23+,30-28-,31-29-,37-34+,43-40+,56-53+. The monoisotopic (exact) mass is 1070 g/mol. The average molecular weight is 1070 g/mol. The number of likely N-dealkylation sites (N-methyl/N-ethyl adjacent to an activating group) is 1. The number of allylic oxidation sites excluding steroid dienone is 17. The number of amides is 1. The van der Waals surface area contributed by atoms with E-state index in [9.17, 15) is 19.0 Å². The van der Waals surface area contributed by atoms with Crippen LogP contribution >= 0.6 is 7.82 Å². The van der Waals surface area contributed by atoms with E-state index in [1.54, 1.807) is 0 Å². The molecule has 2 N–H and O–H groups in total. The second kappa shape index (κ2) is 54.0. The smallest absolute Gasteiger partial charge is 0.456 e. The van der Waals surface area contributed by atoms with Crippen LogP contribution in [0.2, 0.25) is 0 Å². The molecule has 0 aliphatic carbocycles. The van der Waals surface area contributed by atoms with E-state index in [0.717, 1.165) is 83.5 Å². The van der Waals surface area contributed by atoms with Crippen molar-refractivity contribution in [3.63, 3.8) is 0 Å². The average Bonchev–Trinajstić information content (AvgIpc) is 3.37. The van der Waals surface area contributed by atoms with Gasteiger partial charge in [0.2, 0.25) is 5.91 Å². The lowest BCUT2D eigenvalue weighted by Gasteiger charge is -2.27. The molecule has 0 bridgehead atoms. The number of quaternary nitrogens is 1. The fourth-order valence-electron chi connectivity index (χ4n) is 8.18. The highest BCUT2D eigenvalue weighted by atomic mass is 31.2. The number of phosphoric ester groups is 1. The van der Waals surface area contributed by atoms with Crippen molar-refractivity contribution in [2.24, 2.45) is 0 Å². The van der Waals surface area contributed by atoms with Gasteiger partial charge in [-0.05, 0) is 83.1 Å². The molecule has 1 amide bonds. The third-order valence-corrected chi connectivity index (χ3v) is 13.8. The topological polar surface area (TPSA) is 111 Å². The molecule has 0 saturated heterocycles. The lowest BCUT2D eigenvalue weighted by atomic mass is 10.0. The zero-order valence-electron chi connectivity index (χ0n) is 49.0. The summed E-state index contributed by atoms with van der Waals surface area (Å²) in [4.78, 5) is 37.7. The third kappa shape index (κ3) is 55.2. The minimum atomic E-state index is -4.47. The van der Waals surface area contributed by atoms with Gasteiger partial charge in [0, 0.05) is 12.8 Å². The van der Waals surface area contributed by atoms with Gasteiger partial charge in [-0.25, -0.2) is 4.57 Å². The van der Waals surface area contributed by atoms with E-state index in [2.05, 4.69) is 62.5 Å². The number of rotatable bonds is 53. The molecule has 3 unspecified atom stereocenters. The first-order valence-electron chi connectivity index (χ1n) is 30.3. The van der Waals surface area contributed by atoms with Crippen LogP contribution in [0.5, 0.6) is 0 Å². The zero-order valence-corrected chi connectivity index (χ0v) is 49.9. The number of unbranched alkanes of at least 4 members (excludes halogenated alkanes) is 26. The third-order valence-electron chi connectivity index (χ3n) is 12.9. The van der Waals surface area contributed by atoms with Crippen LogP contribution in [0.15, 0.2) is 109 Å². The Morgan fingerprint density at radius 1 is 0.493 bits per heavy atom. The minimum Gasteiger partial charge on any atom is -0.456 e. The molecule has 0 spiro atoms. The van der Waals surface area contributed by atoms with Crippen molar-refractivity contribution in [2.45, 2.75) is 251 Å². The Morgan fingerprint density at radius 2 is 0.907 bits per heavy atom. The summed E-state index contributed by atoms with van der Waals surface area (Å²) >= 11 is 0. The van der Waals surface area contributed by atoms with E-state index in [0.29, 0.717) is 23.9 Å². The number of phosphoric acid groups is 1. The maximum absolute atomic E-state index is 13.5. The summed E-state index contributed by atoms with van der Waals surface area (Å²) in [7, 11) is 1.45. The molecule has 0 radical (unpaired) electrons. The number of esters is 1. The molecule has 75 heavy (non-hydrogen) atoms. The highest BCUT2D eigenvalue weighted by molar-refractivity contribution is 7.47. The predicted octanol–water partition coefficient (Wildman–Crippen LogP) is 18.6. The van der Waals surface area contributed by atoms with E-state index in [4.69, 9.17) is 13.8 Å². The fourth-order valence-corrected chi connectivity index (χ4v) is 8.91. The molecule has 0 aromatic carbocycles. The molecule has 0 aromatic heterocycles. The summed E-state index contributed by atoms with van der Waals surface area (Å²) in [6.07, 6.45) is 73.6. The Labute approximate surface area is 461 Å². The summed E-state index contributed by atoms with van der Waals surface area (Å²) in [6.45, 7) is 6.80. The predicted molar refractivity (Wildman–Crippen MR) is 323 cm³/mol. The molecular weight excluding hydrogens is 952 g/mol. The van der Waals surface area contributed by atoms with Gasteiger partial charge in [-0.2, -0.15) is 0 Å². The molecular formula is C65H114N2O7P+. The number of carbonyl (C=O) groups excluding carboxylic acids is 2. The number of nitrogens with one attached hydrogen (secondary N) is 1. The molecule has 0 fully saturated rings. The Balaban J connectivity index is 5.41. The Morgan fingerprint density at radius 3 is 1.43 bits per heavy atom. The summed E-state index contributed by atoms with van der Waals surface area (Å²) < 4.78 is 30.6. The molecule has 430 valence electrons. The Kier molecular flexibility index (Phi) is 51.6. The second-order valence-electron chi connectivity index (χ2n) is 21.3. The quantitative estimate of drug-likeness (QED) is 0.0156. The normalized spacial score (nSPS) is 14.5. The summed E-state index contributed by atoms with van der Waals surface area (Å²) in [5.41, 5.74) is 0. The number of hydrogen-bond acceptors (Lipinski definition) is 6. The summed E-state index contributed by atoms with van der Waals surface area (Å²) in [5, 5.41) is 3.04. The van der Waals surface area contributed by atoms with Gasteiger partial charge < -0.3 is 19.4 Å². The maximum Gasteiger partial charge on any atom is 0.472 e. The van der Waals surface area contributed by atoms with Crippen LogP contribution in [0.3, 0.4) is 0 Å². The van der Waals surface area contributed by atoms with Crippen LogP contribution in [0.25, 0.3) is 0 Å². The van der Waals surface area contributed by atoms with Crippen molar-refractivity contribution in [3.8, 4) is 0 Å². The molecule has 0 saturated carbocycles. The summed E-state index contributed by atoms with van der Waals surface area (Å²) in [5.74, 6) is -0.566. The van der Waals surface area contributed by atoms with E-state index in [1.165, 1.54) is 116 Å². The van der Waals surface area contributed by atoms with Gasteiger partial charge in [0.1, 0.15) is 19.3 Å². The van der Waals surface area contributed by atoms with E-state index < -0.39 is 20.0 Å². The number of ether oxygens (including phenoxy) is 1. The molecule has 10 heteroatoms. The fraction of sp³-hybridized carbons (Fsp3) is 0.692. The first-order valence-corrected chi connectivity index (χ1v) is 31.8. The van der Waals surface area contributed by atoms with Crippen molar-refractivity contribution in [1.29, 1.82) is 0 Å². The first kappa shape index (κ1) is 71.7. The van der Waals surface area contributed by atoms with Gasteiger partial charge >= 0.3 is 13.8 Å². The van der Waals surface area contributed by atoms with Crippen LogP contribution in [-0.2, 0) is 27.9 Å². The lowest BCUT2D eigenvalue weighted by molar-refractivity contribution is -0.870. The summed E-state index contributed by atoms with van der Waals surface area (Å²) in [6, 6.07) is -0.876. The number of nitrogens with zero attached hydrogens (tertiary/aromatic N) is 1. The van der Waals surface area contributed by atoms with Crippen molar-refractivity contribution >= 4 is 19.7 Å². The Bertz CT molecular complexity index is 1650. The van der Waals surface area contributed by atoms with Gasteiger partial charge in [-0.1, -0.05) is 252 Å². The largest absolute Gasteiger partial charge is 0.472 e. The lowest BCUT2D eigenvalue weighted by Crippen LogP contribution is -2.47. The van der Waals surface area contributed by atoms with Crippen LogP contribution in [0.1, 0.15) is 239 Å². The van der Waals surface area contributed by atoms with E-state index >= 15 is 0 Å². The van der Waals surface area contributed by atoms with Crippen LogP contribution < -0.4 is 5.32 Å². The van der Waals surface area contributed by atoms with Gasteiger partial charge in [0.05, 0.1) is 33.8 Å². The minimum absolute atomic E-state index is 0.0262. The van der Waals surface area contributed by atoms with Gasteiger partial charge in [-0.3, -0.25) is 18.6 Å². The highest BCUT2D eigenvalue weighted by Gasteiger charge is 2.30. The van der Waals surface area contributed by atoms with Crippen molar-refractivity contribution in [1.82, 2.24) is 5.32 Å². The van der Waals surface area contributed by atoms with Crippen LogP contribution in [0.4, 0.5) is 0 Å². The molecule has 0 heterocycles. The highest BCUT2D eigenvalue weighted by Crippen LogP contribution is 2.43. The van der Waals surface area contributed by atoms with Crippen molar-refractivity contribution in [2.75, 3.05) is 40.9 Å². The number of hydrogen-bond donors (Lipinski definition) is 2. The molecule has 3 atom stereocenters.